The van der Waals surface area contributed by atoms with Crippen molar-refractivity contribution < 1.29 is 19.4 Å². The molecule has 1 unspecified atom stereocenters. The number of nitrogens with two attached hydrogens (primary N) is 1. The van der Waals surface area contributed by atoms with Gasteiger partial charge in [0.15, 0.2) is 5.58 Å². The van der Waals surface area contributed by atoms with E-state index in [2.05, 4.69) is 33.0 Å². The molecule has 1 fully saturated rings. The van der Waals surface area contributed by atoms with E-state index in [1.165, 1.54) is 4.90 Å². The van der Waals surface area contributed by atoms with Gasteiger partial charge in [0.05, 0.1) is 29.5 Å². The number of hydrogen-bond donors (Lipinski definition) is 2. The first-order chi connectivity index (χ1) is 14.7. The van der Waals surface area contributed by atoms with Crippen LogP contribution in [0, 0.1) is 0 Å². The third kappa shape index (κ3) is 3.88. The van der Waals surface area contributed by atoms with Gasteiger partial charge >= 0.3 is 5.63 Å². The van der Waals surface area contributed by atoms with E-state index in [1.807, 2.05) is 42.5 Å². The van der Waals surface area contributed by atoms with Crippen LogP contribution in [-0.2, 0) is 6.54 Å². The SMILES string of the molecule is CC1(C)CC([NH+]2COc3ccc4c(-c5ccccc5)cc(=O)oc4c3C2)CC(C)(C)[NH2+]1. The molecular weight excluding hydrogens is 388 g/mol. The minimum absolute atomic E-state index is 0.200. The van der Waals surface area contributed by atoms with Gasteiger partial charge in [-0.25, -0.2) is 4.79 Å². The molecule has 5 nitrogen and oxygen atoms in total. The molecule has 1 atom stereocenters. The lowest BCUT2D eigenvalue weighted by atomic mass is 9.79. The summed E-state index contributed by atoms with van der Waals surface area (Å²) in [6.45, 7) is 10.8. The van der Waals surface area contributed by atoms with Crippen molar-refractivity contribution >= 4 is 11.0 Å². The number of piperidine rings is 1. The molecule has 0 aliphatic carbocycles. The van der Waals surface area contributed by atoms with Gasteiger partial charge in [-0.1, -0.05) is 30.3 Å². The zero-order valence-corrected chi connectivity index (χ0v) is 18.8. The fourth-order valence-electron chi connectivity index (χ4n) is 5.94. The van der Waals surface area contributed by atoms with Gasteiger partial charge < -0.3 is 14.5 Å². The molecule has 0 amide bonds. The lowest BCUT2D eigenvalue weighted by Gasteiger charge is -2.45. The third-order valence-electron chi connectivity index (χ3n) is 6.78. The highest BCUT2D eigenvalue weighted by Gasteiger charge is 2.46. The average Bonchev–Trinajstić information content (AvgIpc) is 2.71. The second-order valence-corrected chi connectivity index (χ2v) is 10.6. The molecule has 1 aromatic heterocycles. The van der Waals surface area contributed by atoms with Crippen molar-refractivity contribution in [2.45, 2.75) is 64.2 Å². The summed E-state index contributed by atoms with van der Waals surface area (Å²) in [5.41, 5.74) is 3.70. The van der Waals surface area contributed by atoms with Gasteiger partial charge in [0.1, 0.15) is 18.3 Å². The third-order valence-corrected chi connectivity index (χ3v) is 6.78. The standard InChI is InChI=1S/C26H30N2O3/c1-25(2)13-18(14-26(3,4)27-25)28-15-21-22(30-16-28)11-10-19-20(12-23(29)31-24(19)21)17-8-6-5-7-9-17/h5-12,18,27H,13-16H2,1-4H3/p+2. The number of rotatable bonds is 2. The van der Waals surface area contributed by atoms with Crippen LogP contribution < -0.4 is 20.6 Å². The molecule has 0 saturated carbocycles. The van der Waals surface area contributed by atoms with E-state index in [0.717, 1.165) is 47.2 Å². The Kier molecular flexibility index (Phi) is 4.72. The quantitative estimate of drug-likeness (QED) is 0.626. The Balaban J connectivity index is 1.57. The monoisotopic (exact) mass is 420 g/mol. The van der Waals surface area contributed by atoms with E-state index < -0.39 is 0 Å². The summed E-state index contributed by atoms with van der Waals surface area (Å²) in [5.74, 6) is 0.838. The Bertz CT molecular complexity index is 1160. The fourth-order valence-corrected chi connectivity index (χ4v) is 5.94. The summed E-state index contributed by atoms with van der Waals surface area (Å²) < 4.78 is 12.0. The number of benzene rings is 2. The molecule has 3 N–H and O–H groups in total. The van der Waals surface area contributed by atoms with Crippen molar-refractivity contribution in [2.75, 3.05) is 6.73 Å². The normalized spacial score (nSPS) is 22.6. The molecule has 2 aliphatic heterocycles. The molecule has 162 valence electrons. The van der Waals surface area contributed by atoms with Crippen LogP contribution in [0.3, 0.4) is 0 Å². The van der Waals surface area contributed by atoms with Crippen LogP contribution in [0.5, 0.6) is 5.75 Å². The van der Waals surface area contributed by atoms with E-state index in [9.17, 15) is 4.79 Å². The second-order valence-electron chi connectivity index (χ2n) is 10.6. The van der Waals surface area contributed by atoms with E-state index in [-0.39, 0.29) is 16.7 Å². The zero-order chi connectivity index (χ0) is 21.8. The van der Waals surface area contributed by atoms with Gasteiger partial charge in [0, 0.05) is 11.5 Å². The highest BCUT2D eigenvalue weighted by molar-refractivity contribution is 5.95. The van der Waals surface area contributed by atoms with Crippen molar-refractivity contribution in [1.82, 2.24) is 0 Å². The van der Waals surface area contributed by atoms with Gasteiger partial charge in [-0.3, -0.25) is 4.90 Å². The van der Waals surface area contributed by atoms with E-state index in [4.69, 9.17) is 9.15 Å². The van der Waals surface area contributed by atoms with E-state index >= 15 is 0 Å². The van der Waals surface area contributed by atoms with Crippen LogP contribution in [0.1, 0.15) is 46.1 Å². The van der Waals surface area contributed by atoms with Crippen LogP contribution in [-0.4, -0.2) is 23.9 Å². The van der Waals surface area contributed by atoms with Crippen LogP contribution in [0.25, 0.3) is 22.1 Å². The molecule has 5 heteroatoms. The molecular formula is C26H32N2O3+2. The number of quaternary nitrogens is 2. The average molecular weight is 421 g/mol. The first kappa shape index (κ1) is 20.3. The first-order valence-electron chi connectivity index (χ1n) is 11.2. The molecule has 3 heterocycles. The molecule has 5 rings (SSSR count). The number of nitrogens with one attached hydrogen (secondary N) is 1. The lowest BCUT2D eigenvalue weighted by molar-refractivity contribution is -0.969. The van der Waals surface area contributed by atoms with Crippen molar-refractivity contribution in [2.24, 2.45) is 0 Å². The summed E-state index contributed by atoms with van der Waals surface area (Å²) in [7, 11) is 0. The molecule has 0 spiro atoms. The van der Waals surface area contributed by atoms with Gasteiger partial charge in [0.25, 0.3) is 0 Å². The Labute approximate surface area is 183 Å². The molecule has 3 aromatic rings. The maximum atomic E-state index is 12.5. The molecule has 0 bridgehead atoms. The van der Waals surface area contributed by atoms with Crippen LogP contribution in [0.2, 0.25) is 0 Å². The molecule has 2 aromatic carbocycles. The van der Waals surface area contributed by atoms with E-state index in [1.54, 1.807) is 6.07 Å². The van der Waals surface area contributed by atoms with Crippen molar-refractivity contribution in [3.63, 3.8) is 0 Å². The van der Waals surface area contributed by atoms with Gasteiger partial charge in [0.2, 0.25) is 6.73 Å². The Hall–Kier alpha value is -2.63. The lowest BCUT2D eigenvalue weighted by Crippen LogP contribution is -3.19. The van der Waals surface area contributed by atoms with Crippen molar-refractivity contribution in [1.29, 1.82) is 0 Å². The summed E-state index contributed by atoms with van der Waals surface area (Å²) in [5, 5.41) is 3.47. The van der Waals surface area contributed by atoms with Crippen LogP contribution in [0.15, 0.2) is 57.7 Å². The summed E-state index contributed by atoms with van der Waals surface area (Å²) in [4.78, 5) is 13.9. The van der Waals surface area contributed by atoms with Gasteiger partial charge in [-0.15, -0.1) is 0 Å². The summed E-state index contributed by atoms with van der Waals surface area (Å²) in [6, 6.07) is 16.2. The first-order valence-corrected chi connectivity index (χ1v) is 11.2. The minimum Gasteiger partial charge on any atom is -0.445 e. The molecule has 0 radical (unpaired) electrons. The maximum absolute atomic E-state index is 12.5. The summed E-state index contributed by atoms with van der Waals surface area (Å²) >= 11 is 0. The maximum Gasteiger partial charge on any atom is 0.336 e. The predicted octanol–water partition coefficient (Wildman–Crippen LogP) is 2.48. The van der Waals surface area contributed by atoms with Crippen molar-refractivity contribution in [3.8, 4) is 16.9 Å². The smallest absolute Gasteiger partial charge is 0.336 e. The predicted molar refractivity (Wildman–Crippen MR) is 121 cm³/mol. The number of fused-ring (bicyclic) bond motifs is 3. The second kappa shape index (κ2) is 7.21. The zero-order valence-electron chi connectivity index (χ0n) is 18.8. The number of ether oxygens (including phenoxy) is 1. The van der Waals surface area contributed by atoms with Crippen LogP contribution >= 0.6 is 0 Å². The summed E-state index contributed by atoms with van der Waals surface area (Å²) in [6.07, 6.45) is 2.27. The van der Waals surface area contributed by atoms with Gasteiger partial charge in [-0.05, 0) is 51.0 Å². The largest absolute Gasteiger partial charge is 0.445 e. The van der Waals surface area contributed by atoms with E-state index in [0.29, 0.717) is 18.4 Å². The molecule has 1 saturated heterocycles. The minimum atomic E-state index is -0.318. The number of hydrogen-bond acceptors (Lipinski definition) is 3. The Morgan fingerprint density at radius 1 is 1.00 bits per heavy atom. The van der Waals surface area contributed by atoms with Crippen LogP contribution in [0.4, 0.5) is 0 Å². The Morgan fingerprint density at radius 2 is 1.71 bits per heavy atom. The molecule has 31 heavy (non-hydrogen) atoms. The topological polar surface area (TPSA) is 60.5 Å². The van der Waals surface area contributed by atoms with Crippen molar-refractivity contribution in [3.05, 3.63) is 64.5 Å². The molecule has 2 aliphatic rings. The highest BCUT2D eigenvalue weighted by atomic mass is 16.5. The highest BCUT2D eigenvalue weighted by Crippen LogP contribution is 2.34. The fraction of sp³-hybridized carbons (Fsp3) is 0.423. The van der Waals surface area contributed by atoms with Gasteiger partial charge in [-0.2, -0.15) is 0 Å². The Morgan fingerprint density at radius 3 is 2.42 bits per heavy atom.